The molecule has 0 saturated carbocycles. The lowest BCUT2D eigenvalue weighted by Gasteiger charge is -2.23. The maximum absolute atomic E-state index is 13.8. The standard InChI is InChI=1S/C26H22ClN3O4/c1-4-7-18(31)30-22-16-8-5-6-9-17(16)23(32)20(22)19(14-10-12-15(27)13-11-14)21-24(30)28(2)26(34)29(3)25(21)33/h5-6,8-13,19H,4,7H2,1-3H3/p+2. The molecule has 1 unspecified atom stereocenters. The van der Waals surface area contributed by atoms with Gasteiger partial charge in [-0.2, -0.15) is 0 Å². The van der Waals surface area contributed by atoms with Crippen molar-refractivity contribution in [1.82, 2.24) is 4.57 Å². The molecule has 3 aromatic rings. The molecule has 5 rings (SSSR count). The van der Waals surface area contributed by atoms with Gasteiger partial charge in [0.15, 0.2) is 18.4 Å². The van der Waals surface area contributed by atoms with Crippen molar-refractivity contribution in [3.05, 3.63) is 91.7 Å². The number of rotatable bonds is 3. The van der Waals surface area contributed by atoms with Crippen LogP contribution in [0.2, 0.25) is 5.02 Å². The van der Waals surface area contributed by atoms with E-state index in [1.807, 2.05) is 19.1 Å². The number of carbonyl (C=O) groups is 1. The van der Waals surface area contributed by atoms with Gasteiger partial charge in [0.2, 0.25) is 5.70 Å². The topological polar surface area (TPSA) is 86.4 Å². The van der Waals surface area contributed by atoms with E-state index in [2.05, 4.69) is 0 Å². The summed E-state index contributed by atoms with van der Waals surface area (Å²) in [7, 11) is 3.11. The largest absolute Gasteiger partial charge is 0.466 e. The van der Waals surface area contributed by atoms with Gasteiger partial charge >= 0.3 is 17.7 Å². The number of aromatic hydroxyl groups is 1. The third-order valence-electron chi connectivity index (χ3n) is 6.57. The molecule has 1 aromatic heterocycles. The number of aliphatic hydroxyl groups excluding tert-OH is 1. The molecule has 0 saturated heterocycles. The van der Waals surface area contributed by atoms with Crippen molar-refractivity contribution in [2.45, 2.75) is 25.7 Å². The molecular weight excluding hydrogens is 454 g/mol. The highest BCUT2D eigenvalue weighted by Gasteiger charge is 2.55. The molecule has 172 valence electrons. The maximum Gasteiger partial charge on any atom is 0.466 e. The van der Waals surface area contributed by atoms with Crippen molar-refractivity contribution < 1.29 is 24.2 Å². The molecule has 2 aliphatic rings. The summed E-state index contributed by atoms with van der Waals surface area (Å²) in [6, 6.07) is 14.0. The number of hydrogen-bond acceptors (Lipinski definition) is 3. The highest BCUT2D eigenvalue weighted by atomic mass is 35.5. The van der Waals surface area contributed by atoms with Crippen LogP contribution in [0.1, 0.15) is 52.7 Å². The Bertz CT molecular complexity index is 1500. The molecule has 2 heterocycles. The van der Waals surface area contributed by atoms with Crippen molar-refractivity contribution in [3.8, 4) is 6.01 Å². The number of carbonyl (C=O) groups excluding carboxylic acids is 1. The first kappa shape index (κ1) is 22.1. The van der Waals surface area contributed by atoms with Gasteiger partial charge in [0.25, 0.3) is 5.56 Å². The molecule has 1 atom stereocenters. The zero-order valence-corrected chi connectivity index (χ0v) is 19.8. The second-order valence-electron chi connectivity index (χ2n) is 8.58. The van der Waals surface area contributed by atoms with Gasteiger partial charge in [-0.25, -0.2) is 4.57 Å². The normalized spacial score (nSPS) is 18.0. The molecule has 2 N–H and O–H groups in total. The molecule has 0 amide bonds. The van der Waals surface area contributed by atoms with Crippen LogP contribution in [-0.2, 0) is 14.1 Å². The number of ketones is 1. The molecule has 0 fully saturated rings. The minimum Gasteiger partial charge on any atom is -0.463 e. The summed E-state index contributed by atoms with van der Waals surface area (Å²) in [5.41, 5.74) is 2.70. The van der Waals surface area contributed by atoms with Crippen LogP contribution in [-0.4, -0.2) is 31.0 Å². The number of allylic oxidation sites excluding steroid dienone is 1. The zero-order chi connectivity index (χ0) is 24.3. The average Bonchev–Trinajstić information content (AvgIpc) is 3.13. The smallest absolute Gasteiger partial charge is 0.463 e. The van der Waals surface area contributed by atoms with Crippen LogP contribution >= 0.6 is 11.6 Å². The van der Waals surface area contributed by atoms with E-state index in [0.717, 1.165) is 10.1 Å². The summed E-state index contributed by atoms with van der Waals surface area (Å²) in [4.78, 5) is 27.4. The lowest BCUT2D eigenvalue weighted by Crippen LogP contribution is -2.46. The third-order valence-corrected chi connectivity index (χ3v) is 6.82. The van der Waals surface area contributed by atoms with Gasteiger partial charge in [0, 0.05) is 17.6 Å². The number of aromatic nitrogens is 2. The van der Waals surface area contributed by atoms with Crippen LogP contribution in [0.5, 0.6) is 6.01 Å². The van der Waals surface area contributed by atoms with E-state index < -0.39 is 11.5 Å². The molecule has 0 spiro atoms. The Morgan fingerprint density at radius 3 is 2.38 bits per heavy atom. The molecule has 0 radical (unpaired) electrons. The van der Waals surface area contributed by atoms with E-state index in [9.17, 15) is 19.8 Å². The fourth-order valence-corrected chi connectivity index (χ4v) is 5.14. The predicted molar refractivity (Wildman–Crippen MR) is 128 cm³/mol. The number of aliphatic hydroxyl groups is 1. The molecule has 34 heavy (non-hydrogen) atoms. The molecule has 2 aromatic carbocycles. The Kier molecular flexibility index (Phi) is 5.17. The summed E-state index contributed by atoms with van der Waals surface area (Å²) >= 11 is 6.14. The Balaban J connectivity index is 2.00. The highest BCUT2D eigenvalue weighted by molar-refractivity contribution is 6.30. The average molecular weight is 478 g/mol. The number of halogens is 1. The van der Waals surface area contributed by atoms with Gasteiger partial charge in [-0.3, -0.25) is 9.59 Å². The van der Waals surface area contributed by atoms with E-state index in [1.54, 1.807) is 48.0 Å². The van der Waals surface area contributed by atoms with Crippen molar-refractivity contribution in [1.29, 1.82) is 0 Å². The number of Topliss-reactive ketones (excluding diaryl/α,β-unsaturated/α-hetero) is 1. The first-order valence-electron chi connectivity index (χ1n) is 11.1. The summed E-state index contributed by atoms with van der Waals surface area (Å²) in [5.74, 6) is -0.574. The Morgan fingerprint density at radius 2 is 1.74 bits per heavy atom. The van der Waals surface area contributed by atoms with Gasteiger partial charge in [0.05, 0.1) is 23.5 Å². The fraction of sp³-hybridized carbons (Fsp3) is 0.231. The maximum atomic E-state index is 13.8. The van der Waals surface area contributed by atoms with E-state index in [0.29, 0.717) is 51.6 Å². The number of fused-ring (bicyclic) bond motifs is 3. The Morgan fingerprint density at radius 1 is 1.09 bits per heavy atom. The lowest BCUT2D eigenvalue weighted by atomic mass is 9.81. The van der Waals surface area contributed by atoms with E-state index >= 15 is 0 Å². The van der Waals surface area contributed by atoms with Crippen LogP contribution in [0.4, 0.5) is 5.82 Å². The molecule has 1 aliphatic heterocycles. The molecular formula is C26H24ClN3O4+2. The summed E-state index contributed by atoms with van der Waals surface area (Å²) in [5, 5.41) is 22.5. The van der Waals surface area contributed by atoms with Crippen LogP contribution < -0.4 is 10.1 Å². The van der Waals surface area contributed by atoms with Crippen LogP contribution in [0, 0.1) is 0 Å². The highest BCUT2D eigenvalue weighted by Crippen LogP contribution is 2.50. The summed E-state index contributed by atoms with van der Waals surface area (Å²) in [6.07, 6.45) is 0.977. The monoisotopic (exact) mass is 477 g/mol. The van der Waals surface area contributed by atoms with Gasteiger partial charge < -0.3 is 10.2 Å². The predicted octanol–water partition coefficient (Wildman–Crippen LogP) is 3.72. The lowest BCUT2D eigenvalue weighted by molar-refractivity contribution is -0.719. The van der Waals surface area contributed by atoms with Gasteiger partial charge in [0.1, 0.15) is 0 Å². The minimum atomic E-state index is -0.710. The summed E-state index contributed by atoms with van der Waals surface area (Å²) in [6.45, 7) is 1.93. The number of hydrogen-bond donors (Lipinski definition) is 2. The van der Waals surface area contributed by atoms with Crippen molar-refractivity contribution in [2.75, 3.05) is 0 Å². The second kappa shape index (κ2) is 7.95. The SMILES string of the molecule is CCC/C(O)=[N+]1\C2=C(C(=O)c3ccccc32)C(c2ccc(Cl)cc2)c2c1[n+](C)c(O)n(C)c2=O. The summed E-state index contributed by atoms with van der Waals surface area (Å²) < 4.78 is 4.18. The molecule has 7 nitrogen and oxygen atoms in total. The third kappa shape index (κ3) is 2.97. The number of nitrogens with zero attached hydrogens (tertiary/aromatic N) is 3. The van der Waals surface area contributed by atoms with Crippen LogP contribution in [0.25, 0.3) is 5.70 Å². The van der Waals surface area contributed by atoms with E-state index in [4.69, 9.17) is 11.6 Å². The number of benzene rings is 2. The van der Waals surface area contributed by atoms with Gasteiger partial charge in [-0.1, -0.05) is 58.0 Å². The van der Waals surface area contributed by atoms with Crippen molar-refractivity contribution in [3.63, 3.8) is 0 Å². The molecule has 8 heteroatoms. The van der Waals surface area contributed by atoms with Crippen LogP contribution in [0.3, 0.4) is 0 Å². The van der Waals surface area contributed by atoms with Crippen LogP contribution in [0.15, 0.2) is 58.9 Å². The van der Waals surface area contributed by atoms with Gasteiger partial charge in [-0.15, -0.1) is 0 Å². The Hall–Kier alpha value is -3.71. The second-order valence-corrected chi connectivity index (χ2v) is 9.02. The van der Waals surface area contributed by atoms with E-state index in [1.165, 1.54) is 11.6 Å². The first-order valence-corrected chi connectivity index (χ1v) is 11.5. The fourth-order valence-electron chi connectivity index (χ4n) is 5.01. The van der Waals surface area contributed by atoms with Crippen molar-refractivity contribution in [2.24, 2.45) is 14.1 Å². The molecule has 1 aliphatic carbocycles. The Labute approximate surface area is 201 Å². The quantitative estimate of drug-likeness (QED) is 0.444. The van der Waals surface area contributed by atoms with E-state index in [-0.39, 0.29) is 17.7 Å². The first-order chi connectivity index (χ1) is 16.3. The van der Waals surface area contributed by atoms with Gasteiger partial charge in [-0.05, 0) is 30.2 Å². The zero-order valence-electron chi connectivity index (χ0n) is 19.0. The minimum absolute atomic E-state index is 0.00133. The van der Waals surface area contributed by atoms with Crippen molar-refractivity contribution >= 4 is 34.8 Å². The molecule has 0 bridgehead atoms.